The standard InChI is InChI=1S/C9H12F3NO/c1-6-4-8(14-9(10,11)12)3-2-7(6)5-13/h2-3,6H,4-5,13H2,1H3. The van der Waals surface area contributed by atoms with Crippen LogP contribution in [0.4, 0.5) is 13.2 Å². The van der Waals surface area contributed by atoms with Crippen molar-refractivity contribution in [1.82, 2.24) is 0 Å². The number of nitrogens with two attached hydrogens (primary N) is 1. The van der Waals surface area contributed by atoms with Crippen molar-refractivity contribution in [2.45, 2.75) is 19.7 Å². The molecule has 1 aliphatic carbocycles. The largest absolute Gasteiger partial charge is 0.572 e. The quantitative estimate of drug-likeness (QED) is 0.754. The summed E-state index contributed by atoms with van der Waals surface area (Å²) in [4.78, 5) is 0. The number of hydrogen-bond donors (Lipinski definition) is 1. The molecular weight excluding hydrogens is 195 g/mol. The van der Waals surface area contributed by atoms with E-state index in [9.17, 15) is 13.2 Å². The van der Waals surface area contributed by atoms with Gasteiger partial charge in [0.15, 0.2) is 0 Å². The van der Waals surface area contributed by atoms with Gasteiger partial charge in [-0.1, -0.05) is 18.6 Å². The van der Waals surface area contributed by atoms with Crippen LogP contribution >= 0.6 is 0 Å². The smallest absolute Gasteiger partial charge is 0.410 e. The van der Waals surface area contributed by atoms with Crippen LogP contribution in [0.3, 0.4) is 0 Å². The van der Waals surface area contributed by atoms with Gasteiger partial charge in [-0.25, -0.2) is 0 Å². The van der Waals surface area contributed by atoms with Crippen molar-refractivity contribution in [1.29, 1.82) is 0 Å². The van der Waals surface area contributed by atoms with Gasteiger partial charge in [0.25, 0.3) is 0 Å². The Labute approximate surface area is 80.2 Å². The highest BCUT2D eigenvalue weighted by atomic mass is 19.4. The van der Waals surface area contributed by atoms with Crippen molar-refractivity contribution in [3.05, 3.63) is 23.5 Å². The number of alkyl halides is 3. The summed E-state index contributed by atoms with van der Waals surface area (Å²) in [6.45, 7) is 2.20. The highest BCUT2D eigenvalue weighted by Crippen LogP contribution is 2.29. The lowest BCUT2D eigenvalue weighted by Crippen LogP contribution is -2.19. The summed E-state index contributed by atoms with van der Waals surface area (Å²) in [5, 5.41) is 0. The summed E-state index contributed by atoms with van der Waals surface area (Å²) >= 11 is 0. The van der Waals surface area contributed by atoms with E-state index < -0.39 is 6.36 Å². The number of hydrogen-bond acceptors (Lipinski definition) is 2. The summed E-state index contributed by atoms with van der Waals surface area (Å²) in [7, 11) is 0. The van der Waals surface area contributed by atoms with Gasteiger partial charge in [0, 0.05) is 13.0 Å². The van der Waals surface area contributed by atoms with Crippen molar-refractivity contribution in [2.75, 3.05) is 6.54 Å². The van der Waals surface area contributed by atoms with Crippen LogP contribution in [-0.2, 0) is 4.74 Å². The molecule has 0 radical (unpaired) electrons. The molecule has 0 fully saturated rings. The maximum Gasteiger partial charge on any atom is 0.572 e. The molecule has 0 amide bonds. The van der Waals surface area contributed by atoms with E-state index in [1.807, 2.05) is 6.92 Å². The molecule has 2 nitrogen and oxygen atoms in total. The van der Waals surface area contributed by atoms with E-state index in [4.69, 9.17) is 5.73 Å². The minimum Gasteiger partial charge on any atom is -0.410 e. The Balaban J connectivity index is 2.67. The van der Waals surface area contributed by atoms with E-state index in [0.29, 0.717) is 6.54 Å². The molecule has 80 valence electrons. The maximum atomic E-state index is 11.8. The molecule has 0 heterocycles. The summed E-state index contributed by atoms with van der Waals surface area (Å²) in [5.41, 5.74) is 6.35. The fourth-order valence-corrected chi connectivity index (χ4v) is 1.36. The van der Waals surface area contributed by atoms with Crippen molar-refractivity contribution in [2.24, 2.45) is 11.7 Å². The minimum absolute atomic E-state index is 0.0161. The average molecular weight is 207 g/mol. The molecule has 0 bridgehead atoms. The fraction of sp³-hybridized carbons (Fsp3) is 0.556. The number of allylic oxidation sites excluding steroid dienone is 3. The monoisotopic (exact) mass is 207 g/mol. The first-order valence-electron chi connectivity index (χ1n) is 4.28. The predicted molar refractivity (Wildman–Crippen MR) is 46.1 cm³/mol. The lowest BCUT2D eigenvalue weighted by molar-refractivity contribution is -0.306. The highest BCUT2D eigenvalue weighted by Gasteiger charge is 2.33. The van der Waals surface area contributed by atoms with Crippen LogP contribution in [0.2, 0.25) is 0 Å². The van der Waals surface area contributed by atoms with Gasteiger partial charge in [0.2, 0.25) is 0 Å². The van der Waals surface area contributed by atoms with Gasteiger partial charge in [0.05, 0.1) is 0 Å². The third kappa shape index (κ3) is 3.06. The van der Waals surface area contributed by atoms with Gasteiger partial charge in [-0.15, -0.1) is 13.2 Å². The minimum atomic E-state index is -4.60. The summed E-state index contributed by atoms with van der Waals surface area (Å²) in [6, 6.07) is 0. The van der Waals surface area contributed by atoms with Gasteiger partial charge in [0.1, 0.15) is 5.76 Å². The molecule has 5 heteroatoms. The van der Waals surface area contributed by atoms with Gasteiger partial charge in [-0.2, -0.15) is 0 Å². The Hall–Kier alpha value is -0.970. The van der Waals surface area contributed by atoms with E-state index in [1.54, 1.807) is 6.08 Å². The molecule has 0 saturated carbocycles. The van der Waals surface area contributed by atoms with Crippen LogP contribution in [0.1, 0.15) is 13.3 Å². The first-order chi connectivity index (χ1) is 6.42. The van der Waals surface area contributed by atoms with E-state index in [-0.39, 0.29) is 18.1 Å². The molecule has 1 rings (SSSR count). The van der Waals surface area contributed by atoms with E-state index in [0.717, 1.165) is 5.57 Å². The molecule has 2 N–H and O–H groups in total. The molecule has 0 aromatic rings. The second kappa shape index (κ2) is 4.04. The Morgan fingerprint density at radius 2 is 2.14 bits per heavy atom. The molecular formula is C9H12F3NO. The van der Waals surface area contributed by atoms with Gasteiger partial charge < -0.3 is 10.5 Å². The highest BCUT2D eigenvalue weighted by molar-refractivity contribution is 5.24. The zero-order valence-corrected chi connectivity index (χ0v) is 7.77. The topological polar surface area (TPSA) is 35.2 Å². The van der Waals surface area contributed by atoms with Crippen LogP contribution in [0.15, 0.2) is 23.5 Å². The van der Waals surface area contributed by atoms with Gasteiger partial charge in [-0.3, -0.25) is 0 Å². The molecule has 14 heavy (non-hydrogen) atoms. The van der Waals surface area contributed by atoms with Crippen LogP contribution < -0.4 is 5.73 Å². The Morgan fingerprint density at radius 1 is 1.50 bits per heavy atom. The second-order valence-electron chi connectivity index (χ2n) is 3.23. The Bertz CT molecular complexity index is 268. The lowest BCUT2D eigenvalue weighted by atomic mass is 9.92. The van der Waals surface area contributed by atoms with Crippen molar-refractivity contribution < 1.29 is 17.9 Å². The fourth-order valence-electron chi connectivity index (χ4n) is 1.36. The first kappa shape index (κ1) is 11.1. The van der Waals surface area contributed by atoms with Gasteiger partial charge >= 0.3 is 6.36 Å². The van der Waals surface area contributed by atoms with E-state index in [2.05, 4.69) is 4.74 Å². The molecule has 0 saturated heterocycles. The van der Waals surface area contributed by atoms with Crippen molar-refractivity contribution >= 4 is 0 Å². The Morgan fingerprint density at radius 3 is 2.57 bits per heavy atom. The summed E-state index contributed by atoms with van der Waals surface area (Å²) in [5.74, 6) is -0.0375. The van der Waals surface area contributed by atoms with Crippen LogP contribution in [0.5, 0.6) is 0 Å². The number of halogens is 3. The lowest BCUT2D eigenvalue weighted by Gasteiger charge is -2.21. The maximum absolute atomic E-state index is 11.8. The number of rotatable bonds is 2. The van der Waals surface area contributed by atoms with Crippen LogP contribution in [0, 0.1) is 5.92 Å². The van der Waals surface area contributed by atoms with E-state index in [1.165, 1.54) is 6.08 Å². The zero-order chi connectivity index (χ0) is 10.8. The van der Waals surface area contributed by atoms with Crippen LogP contribution in [-0.4, -0.2) is 12.9 Å². The average Bonchev–Trinajstić information content (AvgIpc) is 2.01. The zero-order valence-electron chi connectivity index (χ0n) is 7.77. The third-order valence-corrected chi connectivity index (χ3v) is 2.11. The van der Waals surface area contributed by atoms with Crippen molar-refractivity contribution in [3.63, 3.8) is 0 Å². The first-order valence-corrected chi connectivity index (χ1v) is 4.28. The molecule has 0 aromatic carbocycles. The second-order valence-corrected chi connectivity index (χ2v) is 3.23. The Kier molecular flexibility index (Phi) is 3.21. The summed E-state index contributed by atoms with van der Waals surface area (Å²) < 4.78 is 39.3. The molecule has 0 aromatic heterocycles. The SMILES string of the molecule is CC1CC(OC(F)(F)F)=CC=C1CN. The molecule has 1 unspecified atom stereocenters. The van der Waals surface area contributed by atoms with Crippen LogP contribution in [0.25, 0.3) is 0 Å². The predicted octanol–water partition coefficient (Wildman–Crippen LogP) is 2.33. The number of ether oxygens (including phenoxy) is 1. The van der Waals surface area contributed by atoms with E-state index >= 15 is 0 Å². The van der Waals surface area contributed by atoms with Gasteiger partial charge in [-0.05, 0) is 12.0 Å². The van der Waals surface area contributed by atoms with Crippen molar-refractivity contribution in [3.8, 4) is 0 Å². The summed E-state index contributed by atoms with van der Waals surface area (Å²) in [6.07, 6.45) is -1.42. The third-order valence-electron chi connectivity index (χ3n) is 2.11. The molecule has 1 aliphatic rings. The molecule has 1 atom stereocenters. The molecule has 0 spiro atoms. The molecule has 0 aliphatic heterocycles. The normalized spacial score (nSPS) is 22.8.